The van der Waals surface area contributed by atoms with Gasteiger partial charge in [0.15, 0.2) is 0 Å². The number of amides is 1. The molecule has 4 heteroatoms. The molecule has 0 fully saturated rings. The minimum absolute atomic E-state index is 0.00560. The van der Waals surface area contributed by atoms with Gasteiger partial charge >= 0.3 is 0 Å². The zero-order valence-corrected chi connectivity index (χ0v) is 13.7. The fourth-order valence-corrected chi connectivity index (χ4v) is 2.30. The zero-order chi connectivity index (χ0) is 16.5. The zero-order valence-electron chi connectivity index (χ0n) is 13.7. The third-order valence-electron chi connectivity index (χ3n) is 3.48. The number of methoxy groups -OCH3 is 1. The standard InChI is InChI=1S/C19H23NO3/c1-3-23-18-11-9-17(10-12-18)19(21)20(13-14-22-2)15-16-7-5-4-6-8-16/h4-12H,3,13-15H2,1-2H3. The normalized spacial score (nSPS) is 10.3. The molecule has 0 radical (unpaired) electrons. The number of ether oxygens (including phenoxy) is 2. The molecular weight excluding hydrogens is 290 g/mol. The van der Waals surface area contributed by atoms with E-state index in [9.17, 15) is 4.79 Å². The van der Waals surface area contributed by atoms with Crippen LogP contribution in [0.1, 0.15) is 22.8 Å². The Balaban J connectivity index is 2.11. The molecule has 0 aliphatic carbocycles. The summed E-state index contributed by atoms with van der Waals surface area (Å²) in [5.74, 6) is 0.768. The van der Waals surface area contributed by atoms with Gasteiger partial charge < -0.3 is 14.4 Å². The smallest absolute Gasteiger partial charge is 0.254 e. The van der Waals surface area contributed by atoms with Crippen molar-refractivity contribution in [2.45, 2.75) is 13.5 Å². The monoisotopic (exact) mass is 313 g/mol. The van der Waals surface area contributed by atoms with Crippen LogP contribution in [0.5, 0.6) is 5.75 Å². The van der Waals surface area contributed by atoms with Gasteiger partial charge in [0.25, 0.3) is 5.91 Å². The van der Waals surface area contributed by atoms with E-state index in [0.29, 0.717) is 31.9 Å². The number of rotatable bonds is 8. The van der Waals surface area contributed by atoms with Crippen molar-refractivity contribution >= 4 is 5.91 Å². The number of carbonyl (C=O) groups is 1. The van der Waals surface area contributed by atoms with Crippen LogP contribution in [0.25, 0.3) is 0 Å². The molecule has 4 nitrogen and oxygen atoms in total. The predicted molar refractivity (Wildman–Crippen MR) is 90.7 cm³/mol. The number of hydrogen-bond donors (Lipinski definition) is 0. The summed E-state index contributed by atoms with van der Waals surface area (Å²) in [6.45, 7) is 4.18. The molecule has 1 amide bonds. The Bertz CT molecular complexity index is 596. The number of carbonyl (C=O) groups excluding carboxylic acids is 1. The van der Waals surface area contributed by atoms with Crippen LogP contribution >= 0.6 is 0 Å². The summed E-state index contributed by atoms with van der Waals surface area (Å²) >= 11 is 0. The van der Waals surface area contributed by atoms with E-state index in [1.807, 2.05) is 49.4 Å². The van der Waals surface area contributed by atoms with Crippen molar-refractivity contribution in [2.75, 3.05) is 26.9 Å². The molecule has 0 N–H and O–H groups in total. The van der Waals surface area contributed by atoms with Crippen molar-refractivity contribution in [1.29, 1.82) is 0 Å². The van der Waals surface area contributed by atoms with Crippen molar-refractivity contribution in [1.82, 2.24) is 4.90 Å². The van der Waals surface area contributed by atoms with Crippen LogP contribution < -0.4 is 4.74 Å². The highest BCUT2D eigenvalue weighted by Gasteiger charge is 2.16. The lowest BCUT2D eigenvalue weighted by atomic mass is 10.1. The first-order chi connectivity index (χ1) is 11.2. The van der Waals surface area contributed by atoms with Crippen molar-refractivity contribution in [3.63, 3.8) is 0 Å². The van der Waals surface area contributed by atoms with Crippen molar-refractivity contribution in [2.24, 2.45) is 0 Å². The molecule has 0 aliphatic heterocycles. The molecule has 122 valence electrons. The molecule has 0 saturated carbocycles. The lowest BCUT2D eigenvalue weighted by molar-refractivity contribution is 0.0680. The SMILES string of the molecule is CCOc1ccc(C(=O)N(CCOC)Cc2ccccc2)cc1. The van der Waals surface area contributed by atoms with Crippen LogP contribution in [0.15, 0.2) is 54.6 Å². The fourth-order valence-electron chi connectivity index (χ4n) is 2.30. The molecule has 0 spiro atoms. The van der Waals surface area contributed by atoms with Gasteiger partial charge in [0, 0.05) is 25.8 Å². The predicted octanol–water partition coefficient (Wildman–Crippen LogP) is 3.37. The largest absolute Gasteiger partial charge is 0.494 e. The molecule has 2 aromatic carbocycles. The number of hydrogen-bond acceptors (Lipinski definition) is 3. The average molecular weight is 313 g/mol. The number of nitrogens with zero attached hydrogens (tertiary/aromatic N) is 1. The minimum atomic E-state index is -0.00560. The molecule has 0 unspecified atom stereocenters. The molecule has 23 heavy (non-hydrogen) atoms. The summed E-state index contributed by atoms with van der Waals surface area (Å²) in [5.41, 5.74) is 1.75. The highest BCUT2D eigenvalue weighted by atomic mass is 16.5. The molecule has 0 aromatic heterocycles. The topological polar surface area (TPSA) is 38.8 Å². The second kappa shape index (κ2) is 8.96. The van der Waals surface area contributed by atoms with E-state index in [2.05, 4.69) is 0 Å². The van der Waals surface area contributed by atoms with E-state index in [1.165, 1.54) is 0 Å². The second-order valence-electron chi connectivity index (χ2n) is 5.16. The quantitative estimate of drug-likeness (QED) is 0.750. The Hall–Kier alpha value is -2.33. The van der Waals surface area contributed by atoms with Gasteiger partial charge in [-0.15, -0.1) is 0 Å². The van der Waals surface area contributed by atoms with Gasteiger partial charge in [-0.3, -0.25) is 4.79 Å². The molecule has 0 atom stereocenters. The summed E-state index contributed by atoms with van der Waals surface area (Å²) < 4.78 is 10.5. The number of benzene rings is 2. The van der Waals surface area contributed by atoms with Gasteiger partial charge in [0.2, 0.25) is 0 Å². The Kier molecular flexibility index (Phi) is 6.63. The maximum absolute atomic E-state index is 12.8. The molecule has 2 rings (SSSR count). The molecular formula is C19H23NO3. The Labute approximate surface area is 137 Å². The van der Waals surface area contributed by atoms with Crippen molar-refractivity contribution in [3.05, 3.63) is 65.7 Å². The van der Waals surface area contributed by atoms with Gasteiger partial charge in [-0.2, -0.15) is 0 Å². The van der Waals surface area contributed by atoms with E-state index >= 15 is 0 Å². The van der Waals surface area contributed by atoms with Gasteiger partial charge in [-0.1, -0.05) is 30.3 Å². The summed E-state index contributed by atoms with van der Waals surface area (Å²) in [6, 6.07) is 17.2. The molecule has 0 saturated heterocycles. The maximum Gasteiger partial charge on any atom is 0.254 e. The van der Waals surface area contributed by atoms with E-state index < -0.39 is 0 Å². The first kappa shape index (κ1) is 17.0. The van der Waals surface area contributed by atoms with Gasteiger partial charge in [-0.25, -0.2) is 0 Å². The van der Waals surface area contributed by atoms with Crippen LogP contribution in [0.3, 0.4) is 0 Å². The first-order valence-corrected chi connectivity index (χ1v) is 7.79. The summed E-state index contributed by atoms with van der Waals surface area (Å²) in [5, 5.41) is 0. The highest BCUT2D eigenvalue weighted by Crippen LogP contribution is 2.15. The molecule has 0 heterocycles. The van der Waals surface area contributed by atoms with Crippen LogP contribution in [0.4, 0.5) is 0 Å². The first-order valence-electron chi connectivity index (χ1n) is 7.79. The lowest BCUT2D eigenvalue weighted by Gasteiger charge is -2.22. The summed E-state index contributed by atoms with van der Waals surface area (Å²) in [4.78, 5) is 14.6. The van der Waals surface area contributed by atoms with Crippen molar-refractivity contribution in [3.8, 4) is 5.75 Å². The van der Waals surface area contributed by atoms with Crippen molar-refractivity contribution < 1.29 is 14.3 Å². The van der Waals surface area contributed by atoms with Gasteiger partial charge in [-0.05, 0) is 36.8 Å². The van der Waals surface area contributed by atoms with Crippen LogP contribution in [0, 0.1) is 0 Å². The fraction of sp³-hybridized carbons (Fsp3) is 0.316. The minimum Gasteiger partial charge on any atom is -0.494 e. The third-order valence-corrected chi connectivity index (χ3v) is 3.48. The maximum atomic E-state index is 12.8. The van der Waals surface area contributed by atoms with E-state index in [1.54, 1.807) is 24.1 Å². The Morgan fingerprint density at radius 1 is 1.04 bits per heavy atom. The highest BCUT2D eigenvalue weighted by molar-refractivity contribution is 5.94. The van der Waals surface area contributed by atoms with Crippen LogP contribution in [-0.2, 0) is 11.3 Å². The summed E-state index contributed by atoms with van der Waals surface area (Å²) in [6.07, 6.45) is 0. The Morgan fingerprint density at radius 3 is 2.35 bits per heavy atom. The van der Waals surface area contributed by atoms with Gasteiger partial charge in [0.05, 0.1) is 13.2 Å². The van der Waals surface area contributed by atoms with Crippen LogP contribution in [0.2, 0.25) is 0 Å². The van der Waals surface area contributed by atoms with E-state index in [-0.39, 0.29) is 5.91 Å². The van der Waals surface area contributed by atoms with E-state index in [4.69, 9.17) is 9.47 Å². The Morgan fingerprint density at radius 2 is 1.74 bits per heavy atom. The molecule has 0 aliphatic rings. The average Bonchev–Trinajstić information content (AvgIpc) is 2.60. The molecule has 0 bridgehead atoms. The summed E-state index contributed by atoms with van der Waals surface area (Å²) in [7, 11) is 1.64. The molecule has 2 aromatic rings. The third kappa shape index (κ3) is 5.11. The van der Waals surface area contributed by atoms with E-state index in [0.717, 1.165) is 11.3 Å². The lowest BCUT2D eigenvalue weighted by Crippen LogP contribution is -2.33. The second-order valence-corrected chi connectivity index (χ2v) is 5.16. The van der Waals surface area contributed by atoms with Crippen LogP contribution in [-0.4, -0.2) is 37.7 Å². The van der Waals surface area contributed by atoms with Gasteiger partial charge in [0.1, 0.15) is 5.75 Å².